The van der Waals surface area contributed by atoms with E-state index in [9.17, 15) is 9.59 Å². The molecule has 1 heterocycles. The van der Waals surface area contributed by atoms with Crippen LogP contribution in [-0.2, 0) is 9.59 Å². The number of methoxy groups -OCH3 is 1. The standard InChI is InChI=1S/C21H25N3O3/c1-27-18-11-5-10-17(13-18)23-21(26)19(15-7-3-2-4-8-15)24-12-6-9-16(14-24)20(22)25/h2-5,7-8,10-11,13,16,19H,6,9,12,14H2,1H3,(H2,22,25)(H,23,26)/t16-,19+/m0/s1. The van der Waals surface area contributed by atoms with Gasteiger partial charge in [0.05, 0.1) is 13.0 Å². The highest BCUT2D eigenvalue weighted by molar-refractivity contribution is 5.95. The molecule has 27 heavy (non-hydrogen) atoms. The Morgan fingerprint density at radius 1 is 1.19 bits per heavy atom. The number of carbonyl (C=O) groups excluding carboxylic acids is 2. The first-order valence-electron chi connectivity index (χ1n) is 9.11. The van der Waals surface area contributed by atoms with Crippen molar-refractivity contribution in [2.75, 3.05) is 25.5 Å². The molecular weight excluding hydrogens is 342 g/mol. The highest BCUT2D eigenvalue weighted by atomic mass is 16.5. The van der Waals surface area contributed by atoms with Gasteiger partial charge in [-0.15, -0.1) is 0 Å². The van der Waals surface area contributed by atoms with E-state index in [2.05, 4.69) is 5.32 Å². The Labute approximate surface area is 159 Å². The Bertz CT molecular complexity index is 794. The van der Waals surface area contributed by atoms with E-state index in [1.807, 2.05) is 53.4 Å². The molecule has 142 valence electrons. The summed E-state index contributed by atoms with van der Waals surface area (Å²) >= 11 is 0. The molecule has 3 rings (SSSR count). The lowest BCUT2D eigenvalue weighted by molar-refractivity contribution is -0.127. The third kappa shape index (κ3) is 4.65. The summed E-state index contributed by atoms with van der Waals surface area (Å²) in [7, 11) is 1.59. The number of amides is 2. The number of hydrogen-bond donors (Lipinski definition) is 2. The van der Waals surface area contributed by atoms with Gasteiger partial charge in [-0.2, -0.15) is 0 Å². The van der Waals surface area contributed by atoms with Crippen LogP contribution in [0.3, 0.4) is 0 Å². The van der Waals surface area contributed by atoms with Crippen molar-refractivity contribution in [3.05, 3.63) is 60.2 Å². The van der Waals surface area contributed by atoms with Gasteiger partial charge in [0.1, 0.15) is 11.8 Å². The molecule has 3 N–H and O–H groups in total. The first-order valence-corrected chi connectivity index (χ1v) is 9.11. The maximum atomic E-state index is 13.2. The van der Waals surface area contributed by atoms with E-state index >= 15 is 0 Å². The number of carbonyl (C=O) groups is 2. The lowest BCUT2D eigenvalue weighted by Gasteiger charge is -2.36. The van der Waals surface area contributed by atoms with E-state index in [-0.39, 0.29) is 17.7 Å². The molecule has 1 aliphatic rings. The minimum atomic E-state index is -0.487. The van der Waals surface area contributed by atoms with E-state index in [0.717, 1.165) is 24.9 Å². The lowest BCUT2D eigenvalue weighted by atomic mass is 9.94. The van der Waals surface area contributed by atoms with Crippen LogP contribution in [0, 0.1) is 5.92 Å². The molecule has 1 aliphatic heterocycles. The second-order valence-electron chi connectivity index (χ2n) is 6.77. The van der Waals surface area contributed by atoms with Crippen molar-refractivity contribution in [1.29, 1.82) is 0 Å². The van der Waals surface area contributed by atoms with E-state index in [0.29, 0.717) is 18.0 Å². The third-order valence-corrected chi connectivity index (χ3v) is 4.92. The van der Waals surface area contributed by atoms with Gasteiger partial charge in [-0.1, -0.05) is 36.4 Å². The van der Waals surface area contributed by atoms with Gasteiger partial charge in [0.25, 0.3) is 0 Å². The summed E-state index contributed by atoms with van der Waals surface area (Å²) in [4.78, 5) is 26.9. The molecule has 1 fully saturated rings. The molecule has 1 saturated heterocycles. The molecule has 2 amide bonds. The fourth-order valence-corrected chi connectivity index (χ4v) is 3.55. The number of benzene rings is 2. The number of nitrogens with one attached hydrogen (secondary N) is 1. The van der Waals surface area contributed by atoms with Crippen LogP contribution in [0.5, 0.6) is 5.75 Å². The summed E-state index contributed by atoms with van der Waals surface area (Å²) in [5.74, 6) is 0.00435. The predicted octanol–water partition coefficient (Wildman–Crippen LogP) is 2.57. The normalized spacial score (nSPS) is 18.5. The van der Waals surface area contributed by atoms with Gasteiger partial charge in [0.2, 0.25) is 11.8 Å². The zero-order valence-electron chi connectivity index (χ0n) is 15.4. The minimum absolute atomic E-state index is 0.139. The van der Waals surface area contributed by atoms with Crippen LogP contribution in [0.2, 0.25) is 0 Å². The Morgan fingerprint density at radius 3 is 2.67 bits per heavy atom. The Hall–Kier alpha value is -2.86. The van der Waals surface area contributed by atoms with Crippen LogP contribution in [0.4, 0.5) is 5.69 Å². The van der Waals surface area contributed by atoms with Crippen LogP contribution in [-0.4, -0.2) is 36.9 Å². The summed E-state index contributed by atoms with van der Waals surface area (Å²) in [5, 5.41) is 2.98. The number of anilines is 1. The molecule has 0 unspecified atom stereocenters. The highest BCUT2D eigenvalue weighted by Gasteiger charge is 2.33. The van der Waals surface area contributed by atoms with Gasteiger partial charge in [-0.25, -0.2) is 0 Å². The lowest BCUT2D eigenvalue weighted by Crippen LogP contribution is -2.46. The van der Waals surface area contributed by atoms with Crippen molar-refractivity contribution in [3.63, 3.8) is 0 Å². The highest BCUT2D eigenvalue weighted by Crippen LogP contribution is 2.29. The smallest absolute Gasteiger partial charge is 0.246 e. The monoisotopic (exact) mass is 367 g/mol. The Kier molecular flexibility index (Phi) is 6.08. The molecule has 2 aromatic rings. The van der Waals surface area contributed by atoms with Crippen LogP contribution in [0.25, 0.3) is 0 Å². The fourth-order valence-electron chi connectivity index (χ4n) is 3.55. The number of rotatable bonds is 6. The van der Waals surface area contributed by atoms with Crippen LogP contribution in [0.15, 0.2) is 54.6 Å². The molecule has 0 radical (unpaired) electrons. The number of hydrogen-bond acceptors (Lipinski definition) is 4. The molecule has 6 nitrogen and oxygen atoms in total. The fraction of sp³-hybridized carbons (Fsp3) is 0.333. The van der Waals surface area contributed by atoms with E-state index in [1.165, 1.54) is 0 Å². The first kappa shape index (κ1) is 18.9. The van der Waals surface area contributed by atoms with E-state index in [4.69, 9.17) is 10.5 Å². The van der Waals surface area contributed by atoms with Crippen LogP contribution < -0.4 is 15.8 Å². The minimum Gasteiger partial charge on any atom is -0.497 e. The zero-order chi connectivity index (χ0) is 19.2. The number of primary amides is 1. The van der Waals surface area contributed by atoms with Crippen LogP contribution >= 0.6 is 0 Å². The number of likely N-dealkylation sites (tertiary alicyclic amines) is 1. The number of ether oxygens (including phenoxy) is 1. The summed E-state index contributed by atoms with van der Waals surface area (Å²) in [6, 6.07) is 16.4. The van der Waals surface area contributed by atoms with Gasteiger partial charge >= 0.3 is 0 Å². The molecule has 0 spiro atoms. The van der Waals surface area contributed by atoms with Gasteiger partial charge < -0.3 is 15.8 Å². The second-order valence-corrected chi connectivity index (χ2v) is 6.77. The summed E-state index contributed by atoms with van der Waals surface area (Å²) in [5.41, 5.74) is 7.08. The van der Waals surface area contributed by atoms with Gasteiger partial charge in [-0.3, -0.25) is 14.5 Å². The largest absolute Gasteiger partial charge is 0.497 e. The third-order valence-electron chi connectivity index (χ3n) is 4.92. The maximum Gasteiger partial charge on any atom is 0.246 e. The summed E-state index contributed by atoms with van der Waals surface area (Å²) < 4.78 is 5.23. The molecule has 6 heteroatoms. The van der Waals surface area contributed by atoms with Gasteiger partial charge in [0, 0.05) is 18.3 Å². The second kappa shape index (κ2) is 8.68. The summed E-state index contributed by atoms with van der Waals surface area (Å²) in [6.45, 7) is 1.23. The molecule has 2 aromatic carbocycles. The number of nitrogens with two attached hydrogens (primary N) is 1. The molecule has 0 aliphatic carbocycles. The zero-order valence-corrected chi connectivity index (χ0v) is 15.4. The van der Waals surface area contributed by atoms with Gasteiger partial charge in [0.15, 0.2) is 0 Å². The van der Waals surface area contributed by atoms with Crippen molar-refractivity contribution in [2.45, 2.75) is 18.9 Å². The van der Waals surface area contributed by atoms with Crippen molar-refractivity contribution < 1.29 is 14.3 Å². The van der Waals surface area contributed by atoms with E-state index < -0.39 is 6.04 Å². The SMILES string of the molecule is COc1cccc(NC(=O)[C@@H](c2ccccc2)N2CCC[C@H](C(N)=O)C2)c1. The number of piperidine rings is 1. The van der Waals surface area contributed by atoms with Crippen molar-refractivity contribution in [2.24, 2.45) is 11.7 Å². The van der Waals surface area contributed by atoms with Crippen molar-refractivity contribution in [3.8, 4) is 5.75 Å². The molecule has 2 atom stereocenters. The first-order chi connectivity index (χ1) is 13.1. The predicted molar refractivity (Wildman–Crippen MR) is 104 cm³/mol. The van der Waals surface area contributed by atoms with Crippen molar-refractivity contribution >= 4 is 17.5 Å². The number of nitrogens with zero attached hydrogens (tertiary/aromatic N) is 1. The quantitative estimate of drug-likeness (QED) is 0.822. The Balaban J connectivity index is 1.85. The van der Waals surface area contributed by atoms with Crippen molar-refractivity contribution in [1.82, 2.24) is 4.90 Å². The average Bonchev–Trinajstić information content (AvgIpc) is 2.69. The van der Waals surface area contributed by atoms with Gasteiger partial charge in [-0.05, 0) is 37.1 Å². The topological polar surface area (TPSA) is 84.7 Å². The Morgan fingerprint density at radius 2 is 1.96 bits per heavy atom. The molecule has 0 aromatic heterocycles. The average molecular weight is 367 g/mol. The van der Waals surface area contributed by atoms with Crippen LogP contribution in [0.1, 0.15) is 24.4 Å². The molecule has 0 saturated carbocycles. The maximum absolute atomic E-state index is 13.2. The molecule has 0 bridgehead atoms. The molecular formula is C21H25N3O3. The summed E-state index contributed by atoms with van der Waals surface area (Å²) in [6.07, 6.45) is 1.61. The van der Waals surface area contributed by atoms with E-state index in [1.54, 1.807) is 13.2 Å².